The number of hydrazone groups is 1. The molecule has 0 radical (unpaired) electrons. The molecule has 25 heavy (non-hydrogen) atoms. The first kappa shape index (κ1) is 20.0. The number of rotatable bonds is 8. The molecule has 0 fully saturated rings. The number of amides is 2. The zero-order valence-corrected chi connectivity index (χ0v) is 15.0. The minimum atomic E-state index is -0.416. The first-order chi connectivity index (χ1) is 11.9. The third-order valence-electron chi connectivity index (χ3n) is 2.94. The average Bonchev–Trinajstić information content (AvgIpc) is 2.61. The Bertz CT molecular complexity index is 654. The maximum absolute atomic E-state index is 11.8. The summed E-state index contributed by atoms with van der Waals surface area (Å²) >= 11 is 0. The van der Waals surface area contributed by atoms with Crippen molar-refractivity contribution in [2.75, 3.05) is 27.9 Å². The number of nitrogens with zero attached hydrogens (tertiary/aromatic N) is 1. The molecule has 1 rings (SSSR count). The van der Waals surface area contributed by atoms with Crippen LogP contribution >= 0.6 is 0 Å². The Hall–Kier alpha value is -3.03. The van der Waals surface area contributed by atoms with Crippen LogP contribution in [-0.2, 0) is 9.59 Å². The van der Waals surface area contributed by atoms with Crippen LogP contribution in [-0.4, -0.2) is 45.4 Å². The van der Waals surface area contributed by atoms with E-state index in [0.29, 0.717) is 28.5 Å². The van der Waals surface area contributed by atoms with Crippen LogP contribution < -0.4 is 25.0 Å². The van der Waals surface area contributed by atoms with E-state index in [0.717, 1.165) is 0 Å². The minimum absolute atomic E-state index is 0.171. The lowest BCUT2D eigenvalue weighted by atomic mass is 10.1. The van der Waals surface area contributed by atoms with Gasteiger partial charge in [0.05, 0.1) is 27.9 Å². The number of carbonyl (C=O) groups is 2. The largest absolute Gasteiger partial charge is 0.493 e. The van der Waals surface area contributed by atoms with Gasteiger partial charge in [0.2, 0.25) is 11.7 Å². The third-order valence-corrected chi connectivity index (χ3v) is 2.94. The van der Waals surface area contributed by atoms with Gasteiger partial charge in [-0.25, -0.2) is 5.43 Å². The molecule has 0 aliphatic rings. The van der Waals surface area contributed by atoms with E-state index in [9.17, 15) is 9.59 Å². The van der Waals surface area contributed by atoms with Crippen LogP contribution in [0, 0.1) is 0 Å². The van der Waals surface area contributed by atoms with E-state index in [1.54, 1.807) is 32.1 Å². The molecule has 8 nitrogen and oxygen atoms in total. The molecule has 0 atom stereocenters. The summed E-state index contributed by atoms with van der Waals surface area (Å²) in [7, 11) is 4.53. The summed E-state index contributed by atoms with van der Waals surface area (Å²) in [5.74, 6) is 0.607. The lowest BCUT2D eigenvalue weighted by Gasteiger charge is -2.12. The molecule has 0 spiro atoms. The van der Waals surface area contributed by atoms with Gasteiger partial charge in [0.25, 0.3) is 5.91 Å². The number of ether oxygens (including phenoxy) is 3. The molecule has 0 heterocycles. The van der Waals surface area contributed by atoms with Crippen molar-refractivity contribution in [3.63, 3.8) is 0 Å². The van der Waals surface area contributed by atoms with Crippen molar-refractivity contribution in [1.29, 1.82) is 0 Å². The summed E-state index contributed by atoms with van der Waals surface area (Å²) in [6, 6.07) is 3.41. The number of hydrogen-bond donors (Lipinski definition) is 2. The number of carbonyl (C=O) groups excluding carboxylic acids is 2. The number of benzene rings is 1. The average molecular weight is 349 g/mol. The monoisotopic (exact) mass is 349 g/mol. The molecular weight excluding hydrogens is 326 g/mol. The fraction of sp³-hybridized carbons (Fsp3) is 0.353. The summed E-state index contributed by atoms with van der Waals surface area (Å²) in [6.45, 7) is 3.33. The first-order valence-corrected chi connectivity index (χ1v) is 7.47. The highest BCUT2D eigenvalue weighted by molar-refractivity contribution is 5.94. The van der Waals surface area contributed by atoms with Crippen molar-refractivity contribution in [2.24, 2.45) is 5.10 Å². The van der Waals surface area contributed by atoms with Crippen molar-refractivity contribution in [1.82, 2.24) is 10.7 Å². The molecule has 0 saturated heterocycles. The van der Waals surface area contributed by atoms with Gasteiger partial charge in [0, 0.05) is 11.8 Å². The van der Waals surface area contributed by atoms with E-state index < -0.39 is 11.8 Å². The van der Waals surface area contributed by atoms with Crippen LogP contribution in [0.2, 0.25) is 0 Å². The Kier molecular flexibility index (Phi) is 7.98. The molecule has 1 aromatic carbocycles. The first-order valence-electron chi connectivity index (χ1n) is 7.47. The Morgan fingerprint density at radius 3 is 2.16 bits per heavy atom. The van der Waals surface area contributed by atoms with Crippen molar-refractivity contribution >= 4 is 23.6 Å². The fourth-order valence-corrected chi connectivity index (χ4v) is 1.81. The molecule has 0 aromatic heterocycles. The van der Waals surface area contributed by atoms with Crippen LogP contribution in [0.3, 0.4) is 0 Å². The predicted molar refractivity (Wildman–Crippen MR) is 95.1 cm³/mol. The number of methoxy groups -OCH3 is 3. The van der Waals surface area contributed by atoms with Crippen molar-refractivity contribution in [3.05, 3.63) is 23.8 Å². The summed E-state index contributed by atoms with van der Waals surface area (Å²) in [6.07, 6.45) is 2.88. The maximum Gasteiger partial charge on any atom is 0.259 e. The quantitative estimate of drug-likeness (QED) is 0.419. The third kappa shape index (κ3) is 6.54. The van der Waals surface area contributed by atoms with E-state index in [4.69, 9.17) is 14.2 Å². The van der Waals surface area contributed by atoms with E-state index >= 15 is 0 Å². The summed E-state index contributed by atoms with van der Waals surface area (Å²) in [4.78, 5) is 23.2. The zero-order valence-electron chi connectivity index (χ0n) is 15.0. The van der Waals surface area contributed by atoms with Gasteiger partial charge in [-0.05, 0) is 37.6 Å². The van der Waals surface area contributed by atoms with E-state index in [2.05, 4.69) is 15.8 Å². The van der Waals surface area contributed by atoms with E-state index in [1.807, 2.05) is 0 Å². The van der Waals surface area contributed by atoms with E-state index in [1.165, 1.54) is 27.4 Å². The molecule has 0 aliphatic carbocycles. The minimum Gasteiger partial charge on any atom is -0.493 e. The molecular formula is C17H23N3O5. The molecule has 0 aliphatic heterocycles. The number of nitrogens with one attached hydrogen (secondary N) is 2. The van der Waals surface area contributed by atoms with Crippen LogP contribution in [0.5, 0.6) is 17.2 Å². The topological polar surface area (TPSA) is 98.2 Å². The summed E-state index contributed by atoms with van der Waals surface area (Å²) in [5, 5.41) is 6.22. The normalized spacial score (nSPS) is 10.1. The van der Waals surface area contributed by atoms with Gasteiger partial charge < -0.3 is 19.5 Å². The molecule has 0 unspecified atom stereocenters. The van der Waals surface area contributed by atoms with Gasteiger partial charge in [-0.15, -0.1) is 0 Å². The van der Waals surface area contributed by atoms with Gasteiger partial charge in [-0.3, -0.25) is 9.59 Å². The van der Waals surface area contributed by atoms with Crippen LogP contribution in [0.1, 0.15) is 19.4 Å². The molecule has 2 amide bonds. The van der Waals surface area contributed by atoms with Gasteiger partial charge in [-0.1, -0.05) is 0 Å². The molecule has 136 valence electrons. The molecule has 1 aromatic rings. The highest BCUT2D eigenvalue weighted by Crippen LogP contribution is 2.38. The van der Waals surface area contributed by atoms with Gasteiger partial charge in [-0.2, -0.15) is 5.10 Å². The SMILES string of the molecule is COc1cc(/C=C/C(=O)NCC(=O)NN=C(C)C)cc(OC)c1OC. The second kappa shape index (κ2) is 9.96. The highest BCUT2D eigenvalue weighted by atomic mass is 16.5. The Balaban J connectivity index is 2.73. The highest BCUT2D eigenvalue weighted by Gasteiger charge is 2.12. The predicted octanol–water partition coefficient (Wildman–Crippen LogP) is 1.35. The Labute approximate surface area is 146 Å². The van der Waals surface area contributed by atoms with Crippen LogP contribution in [0.4, 0.5) is 0 Å². The van der Waals surface area contributed by atoms with Crippen molar-refractivity contribution in [3.8, 4) is 17.2 Å². The van der Waals surface area contributed by atoms with Gasteiger partial charge in [0.1, 0.15) is 0 Å². The summed E-state index contributed by atoms with van der Waals surface area (Å²) in [5.41, 5.74) is 3.71. The van der Waals surface area contributed by atoms with Gasteiger partial charge >= 0.3 is 0 Å². The molecule has 8 heteroatoms. The molecule has 0 bridgehead atoms. The standard InChI is InChI=1S/C17H23N3O5/c1-11(2)19-20-16(22)10-18-15(21)7-6-12-8-13(23-3)17(25-5)14(9-12)24-4/h6-9H,10H2,1-5H3,(H,18,21)(H,20,22)/b7-6+. The zero-order chi connectivity index (χ0) is 18.8. The Morgan fingerprint density at radius 2 is 1.68 bits per heavy atom. The maximum atomic E-state index is 11.8. The second-order valence-electron chi connectivity index (χ2n) is 5.10. The lowest BCUT2D eigenvalue weighted by Crippen LogP contribution is -2.34. The lowest BCUT2D eigenvalue weighted by molar-refractivity contribution is -0.123. The molecule has 0 saturated carbocycles. The summed E-state index contributed by atoms with van der Waals surface area (Å²) < 4.78 is 15.7. The van der Waals surface area contributed by atoms with Crippen molar-refractivity contribution < 1.29 is 23.8 Å². The Morgan fingerprint density at radius 1 is 1.08 bits per heavy atom. The van der Waals surface area contributed by atoms with Crippen LogP contribution in [0.15, 0.2) is 23.3 Å². The van der Waals surface area contributed by atoms with E-state index in [-0.39, 0.29) is 6.54 Å². The number of hydrogen-bond acceptors (Lipinski definition) is 6. The van der Waals surface area contributed by atoms with Gasteiger partial charge in [0.15, 0.2) is 11.5 Å². The smallest absolute Gasteiger partial charge is 0.259 e. The fourth-order valence-electron chi connectivity index (χ4n) is 1.81. The van der Waals surface area contributed by atoms with Crippen LogP contribution in [0.25, 0.3) is 6.08 Å². The second-order valence-corrected chi connectivity index (χ2v) is 5.10. The molecule has 2 N–H and O–H groups in total. The van der Waals surface area contributed by atoms with Crippen molar-refractivity contribution in [2.45, 2.75) is 13.8 Å².